The van der Waals surface area contributed by atoms with Crippen LogP contribution >= 0.6 is 0 Å². The van der Waals surface area contributed by atoms with E-state index in [0.29, 0.717) is 18.1 Å². The summed E-state index contributed by atoms with van der Waals surface area (Å²) in [6.45, 7) is 3.64. The lowest BCUT2D eigenvalue weighted by atomic mass is 9.94. The van der Waals surface area contributed by atoms with Gasteiger partial charge in [0.2, 0.25) is 0 Å². The second-order valence-corrected chi connectivity index (χ2v) is 7.75. The zero-order valence-corrected chi connectivity index (χ0v) is 15.9. The molecule has 1 amide bonds. The minimum Gasteiger partial charge on any atom is -0.505 e. The monoisotopic (exact) mass is 384 g/mol. The van der Waals surface area contributed by atoms with Gasteiger partial charge in [0.1, 0.15) is 11.5 Å². The summed E-state index contributed by atoms with van der Waals surface area (Å²) in [5.74, 6) is -0.517. The third-order valence-corrected chi connectivity index (χ3v) is 4.70. The third-order valence-electron chi connectivity index (χ3n) is 4.70. The van der Waals surface area contributed by atoms with E-state index in [9.17, 15) is 14.7 Å². The number of hydrogen-bond acceptors (Lipinski definition) is 5. The van der Waals surface area contributed by atoms with Gasteiger partial charge in [0, 0.05) is 18.3 Å². The van der Waals surface area contributed by atoms with Gasteiger partial charge in [-0.25, -0.2) is 4.98 Å². The largest absolute Gasteiger partial charge is 0.505 e. The van der Waals surface area contributed by atoms with Crippen molar-refractivity contribution in [1.82, 2.24) is 10.3 Å². The van der Waals surface area contributed by atoms with Gasteiger partial charge in [-0.1, -0.05) is 12.1 Å². The third kappa shape index (κ3) is 4.79. The zero-order chi connectivity index (χ0) is 20.3. The quantitative estimate of drug-likeness (QED) is 0.645. The predicted octanol–water partition coefficient (Wildman–Crippen LogP) is 3.08. The van der Waals surface area contributed by atoms with Gasteiger partial charge in [-0.15, -0.1) is 0 Å². The van der Waals surface area contributed by atoms with Crippen molar-refractivity contribution in [2.24, 2.45) is 11.3 Å². The number of carboxylic acid groups (broad SMARTS) is 1. The van der Waals surface area contributed by atoms with Gasteiger partial charge in [-0.2, -0.15) is 0 Å². The fourth-order valence-electron chi connectivity index (χ4n) is 2.51. The molecule has 1 aromatic heterocycles. The first kappa shape index (κ1) is 19.7. The highest BCUT2D eigenvalue weighted by Crippen LogP contribution is 2.31. The molecule has 2 aromatic rings. The number of nitrogens with zero attached hydrogens (tertiary/aromatic N) is 1. The highest BCUT2D eigenvalue weighted by atomic mass is 16.5. The number of carboxylic acids is 1. The van der Waals surface area contributed by atoms with Gasteiger partial charge in [-0.3, -0.25) is 9.59 Å². The molecular formula is C21H24N2O5. The van der Waals surface area contributed by atoms with Crippen molar-refractivity contribution in [2.45, 2.75) is 26.7 Å². The summed E-state index contributed by atoms with van der Waals surface area (Å²) in [6, 6.07) is 8.95. The highest BCUT2D eigenvalue weighted by molar-refractivity contribution is 5.95. The molecule has 1 saturated carbocycles. The van der Waals surface area contributed by atoms with Crippen LogP contribution in [0.5, 0.6) is 11.5 Å². The molecule has 148 valence electrons. The number of nitrogens with one attached hydrogen (secondary N) is 1. The standard InChI is InChI=1S/C21H24N2O5/c1-21(2,20(26)27)12-23-19(25)18-17(24)9-15(10-22-18)14-4-3-5-16(8-14)28-11-13-6-7-13/h3-5,8-10,13,24H,6-7,11-12H2,1-2H3,(H,23,25)(H,26,27). The van der Waals surface area contributed by atoms with Crippen molar-refractivity contribution < 1.29 is 24.5 Å². The Balaban J connectivity index is 1.70. The van der Waals surface area contributed by atoms with Crippen molar-refractivity contribution in [3.8, 4) is 22.6 Å². The number of aliphatic carboxylic acids is 1. The zero-order valence-electron chi connectivity index (χ0n) is 15.9. The van der Waals surface area contributed by atoms with Crippen LogP contribution in [-0.2, 0) is 4.79 Å². The average molecular weight is 384 g/mol. The number of aromatic hydroxyl groups is 1. The first-order valence-electron chi connectivity index (χ1n) is 9.20. The van der Waals surface area contributed by atoms with Crippen molar-refractivity contribution in [2.75, 3.05) is 13.2 Å². The van der Waals surface area contributed by atoms with E-state index < -0.39 is 17.3 Å². The van der Waals surface area contributed by atoms with E-state index in [2.05, 4.69) is 10.3 Å². The Labute approximate surface area is 163 Å². The van der Waals surface area contributed by atoms with Crippen LogP contribution < -0.4 is 10.1 Å². The van der Waals surface area contributed by atoms with Crippen molar-refractivity contribution in [3.05, 3.63) is 42.2 Å². The fraction of sp³-hybridized carbons (Fsp3) is 0.381. The van der Waals surface area contributed by atoms with Gasteiger partial charge in [0.05, 0.1) is 12.0 Å². The molecule has 0 unspecified atom stereocenters. The molecular weight excluding hydrogens is 360 g/mol. The van der Waals surface area contributed by atoms with Gasteiger partial charge in [0.25, 0.3) is 5.91 Å². The summed E-state index contributed by atoms with van der Waals surface area (Å²) in [5.41, 5.74) is 0.199. The van der Waals surface area contributed by atoms with Gasteiger partial charge in [0.15, 0.2) is 5.69 Å². The number of carbonyl (C=O) groups is 2. The van der Waals surface area contributed by atoms with E-state index in [0.717, 1.165) is 11.3 Å². The molecule has 0 spiro atoms. The lowest BCUT2D eigenvalue weighted by Crippen LogP contribution is -2.39. The Bertz CT molecular complexity index is 890. The number of amides is 1. The Morgan fingerprint density at radius 1 is 1.25 bits per heavy atom. The molecule has 0 bridgehead atoms. The lowest BCUT2D eigenvalue weighted by molar-refractivity contribution is -0.146. The molecule has 1 aromatic carbocycles. The number of rotatable bonds is 8. The second-order valence-electron chi connectivity index (χ2n) is 7.75. The van der Waals surface area contributed by atoms with Gasteiger partial charge >= 0.3 is 5.97 Å². The van der Waals surface area contributed by atoms with E-state index in [1.165, 1.54) is 39.0 Å². The van der Waals surface area contributed by atoms with Gasteiger partial charge < -0.3 is 20.3 Å². The number of aromatic nitrogens is 1. The van der Waals surface area contributed by atoms with E-state index in [4.69, 9.17) is 9.84 Å². The first-order chi connectivity index (χ1) is 13.3. The molecule has 3 N–H and O–H groups in total. The molecule has 0 saturated heterocycles. The number of ether oxygens (including phenoxy) is 1. The Morgan fingerprint density at radius 3 is 2.64 bits per heavy atom. The average Bonchev–Trinajstić information content (AvgIpc) is 3.49. The van der Waals surface area contributed by atoms with Crippen LogP contribution in [0, 0.1) is 11.3 Å². The summed E-state index contributed by atoms with van der Waals surface area (Å²) in [6.07, 6.45) is 3.92. The summed E-state index contributed by atoms with van der Waals surface area (Å²) in [7, 11) is 0. The van der Waals surface area contributed by atoms with Crippen LogP contribution in [0.25, 0.3) is 11.1 Å². The maximum absolute atomic E-state index is 12.2. The normalized spacial score (nSPS) is 13.8. The van der Waals surface area contributed by atoms with E-state index in [-0.39, 0.29) is 18.0 Å². The molecule has 0 atom stereocenters. The van der Waals surface area contributed by atoms with Crippen LogP contribution in [0.4, 0.5) is 0 Å². The smallest absolute Gasteiger partial charge is 0.310 e. The minimum atomic E-state index is -1.12. The maximum Gasteiger partial charge on any atom is 0.310 e. The van der Waals surface area contributed by atoms with Crippen LogP contribution in [-0.4, -0.2) is 40.2 Å². The van der Waals surface area contributed by atoms with Crippen LogP contribution in [0.2, 0.25) is 0 Å². The Hall–Kier alpha value is -3.09. The van der Waals surface area contributed by atoms with E-state index in [1.54, 1.807) is 0 Å². The topological polar surface area (TPSA) is 109 Å². The Morgan fingerprint density at radius 2 is 2.00 bits per heavy atom. The minimum absolute atomic E-state index is 0.0790. The van der Waals surface area contributed by atoms with E-state index >= 15 is 0 Å². The van der Waals surface area contributed by atoms with Crippen molar-refractivity contribution in [1.29, 1.82) is 0 Å². The van der Waals surface area contributed by atoms with Crippen LogP contribution in [0.15, 0.2) is 36.5 Å². The van der Waals surface area contributed by atoms with Gasteiger partial charge in [-0.05, 0) is 56.4 Å². The number of carbonyl (C=O) groups excluding carboxylic acids is 1. The molecule has 1 aliphatic rings. The molecule has 28 heavy (non-hydrogen) atoms. The van der Waals surface area contributed by atoms with Crippen LogP contribution in [0.1, 0.15) is 37.2 Å². The fourth-order valence-corrected chi connectivity index (χ4v) is 2.51. The molecule has 0 radical (unpaired) electrons. The molecule has 1 fully saturated rings. The molecule has 0 aliphatic heterocycles. The molecule has 3 rings (SSSR count). The summed E-state index contributed by atoms with van der Waals surface area (Å²) >= 11 is 0. The van der Waals surface area contributed by atoms with Crippen molar-refractivity contribution >= 4 is 11.9 Å². The lowest BCUT2D eigenvalue weighted by Gasteiger charge is -2.19. The first-order valence-corrected chi connectivity index (χ1v) is 9.20. The maximum atomic E-state index is 12.2. The number of pyridine rings is 1. The van der Waals surface area contributed by atoms with E-state index in [1.807, 2.05) is 24.3 Å². The number of hydrogen-bond donors (Lipinski definition) is 3. The van der Waals surface area contributed by atoms with Crippen molar-refractivity contribution in [3.63, 3.8) is 0 Å². The Kier molecular flexibility index (Phi) is 5.53. The molecule has 1 heterocycles. The summed E-state index contributed by atoms with van der Waals surface area (Å²) in [4.78, 5) is 27.4. The second kappa shape index (κ2) is 7.88. The summed E-state index contributed by atoms with van der Waals surface area (Å²) in [5, 5.41) is 21.9. The highest BCUT2D eigenvalue weighted by Gasteiger charge is 2.28. The number of benzene rings is 1. The predicted molar refractivity (Wildman–Crippen MR) is 103 cm³/mol. The molecule has 1 aliphatic carbocycles. The molecule has 7 heteroatoms. The van der Waals surface area contributed by atoms with Crippen LogP contribution in [0.3, 0.4) is 0 Å². The summed E-state index contributed by atoms with van der Waals surface area (Å²) < 4.78 is 5.77. The molecule has 7 nitrogen and oxygen atoms in total. The SMILES string of the molecule is CC(C)(CNC(=O)c1ncc(-c2cccc(OCC3CC3)c2)cc1O)C(=O)O.